The monoisotopic (exact) mass is 532 g/mol. The number of carbonyl (C=O) groups is 4. The molecule has 0 aromatic rings. The molecular weight excluding hydrogens is 492 g/mol. The summed E-state index contributed by atoms with van der Waals surface area (Å²) in [6.07, 6.45) is -1.50. The second-order valence-electron chi connectivity index (χ2n) is 9.87. The molecule has 212 valence electrons. The first-order valence-corrected chi connectivity index (χ1v) is 11.5. The third-order valence-corrected chi connectivity index (χ3v) is 4.03. The highest BCUT2D eigenvalue weighted by Crippen LogP contribution is 2.22. The van der Waals surface area contributed by atoms with Crippen molar-refractivity contribution in [2.75, 3.05) is 13.7 Å². The van der Waals surface area contributed by atoms with Crippen LogP contribution in [0.3, 0.4) is 0 Å². The second kappa shape index (κ2) is 15.0. The van der Waals surface area contributed by atoms with Crippen LogP contribution < -0.4 is 16.4 Å². The van der Waals surface area contributed by atoms with Gasteiger partial charge in [0.2, 0.25) is 17.6 Å². The Morgan fingerprint density at radius 3 is 2.19 bits per heavy atom. The van der Waals surface area contributed by atoms with E-state index in [1.165, 1.54) is 20.1 Å². The molecule has 0 aliphatic carbocycles. The fourth-order valence-corrected chi connectivity index (χ4v) is 2.74. The van der Waals surface area contributed by atoms with Crippen LogP contribution in [0.25, 0.3) is 0 Å². The summed E-state index contributed by atoms with van der Waals surface area (Å²) in [5, 5.41) is 23.5. The standard InChI is InChI=1S/C12H19NO6.C11H21N3O4/c1-7(15)13-8-3-4-10(12(17)18-2)19-11(8)9(16)5-6-14;1-10(2,3)17-8(15)13-7(12)14-9(16)18-11(4,5)6/h4,8-9,11,14,16H,3,5-6H2,1-2H3,(H,13,15);1-6H3,(H3,12,13,14,15,16). The van der Waals surface area contributed by atoms with E-state index in [4.69, 9.17) is 25.1 Å². The first-order valence-electron chi connectivity index (χ1n) is 11.5. The van der Waals surface area contributed by atoms with E-state index in [2.05, 4.69) is 20.4 Å². The Balaban J connectivity index is 0.000000702. The van der Waals surface area contributed by atoms with Crippen molar-refractivity contribution in [1.82, 2.24) is 10.6 Å². The van der Waals surface area contributed by atoms with Crippen molar-refractivity contribution in [3.63, 3.8) is 0 Å². The van der Waals surface area contributed by atoms with Gasteiger partial charge in [0, 0.05) is 20.0 Å². The lowest BCUT2D eigenvalue weighted by molar-refractivity contribution is -0.144. The fourth-order valence-electron chi connectivity index (χ4n) is 2.74. The fraction of sp³-hybridized carbons (Fsp3) is 0.696. The number of nitrogens with zero attached hydrogens (tertiary/aromatic N) is 1. The van der Waals surface area contributed by atoms with E-state index in [0.29, 0.717) is 6.42 Å². The van der Waals surface area contributed by atoms with Crippen LogP contribution in [0, 0.1) is 0 Å². The first-order chi connectivity index (χ1) is 16.9. The first kappa shape index (κ1) is 33.6. The number of aliphatic hydroxyl groups is 2. The molecule has 0 bridgehead atoms. The summed E-state index contributed by atoms with van der Waals surface area (Å²) >= 11 is 0. The molecule has 3 unspecified atom stereocenters. The zero-order chi connectivity index (χ0) is 29.0. The summed E-state index contributed by atoms with van der Waals surface area (Å²) in [6.45, 7) is 11.3. The minimum Gasteiger partial charge on any atom is -0.478 e. The number of hydrogen-bond acceptors (Lipinski definition) is 10. The van der Waals surface area contributed by atoms with Gasteiger partial charge in [-0.15, -0.1) is 4.99 Å². The predicted octanol–water partition coefficient (Wildman–Crippen LogP) is 0.841. The highest BCUT2D eigenvalue weighted by molar-refractivity contribution is 5.97. The van der Waals surface area contributed by atoms with Gasteiger partial charge in [0.25, 0.3) is 0 Å². The average molecular weight is 533 g/mol. The summed E-state index contributed by atoms with van der Waals surface area (Å²) < 4.78 is 19.7. The molecule has 0 spiro atoms. The summed E-state index contributed by atoms with van der Waals surface area (Å²) in [5.74, 6) is -1.27. The number of hydrogen-bond donors (Lipinski definition) is 5. The van der Waals surface area contributed by atoms with Crippen molar-refractivity contribution in [2.24, 2.45) is 10.7 Å². The summed E-state index contributed by atoms with van der Waals surface area (Å²) in [7, 11) is 1.23. The van der Waals surface area contributed by atoms with Gasteiger partial charge in [0.1, 0.15) is 17.3 Å². The molecule has 14 nitrogen and oxygen atoms in total. The predicted molar refractivity (Wildman–Crippen MR) is 132 cm³/mol. The number of nitrogens with two attached hydrogens (primary N) is 1. The SMILES string of the molecule is CC(C)(C)OC(=O)/N=C(\N)NC(=O)OC(C)(C)C.COC(=O)C1=CCC(NC(C)=O)C(C(O)CCO)O1. The Labute approximate surface area is 216 Å². The van der Waals surface area contributed by atoms with Gasteiger partial charge in [-0.1, -0.05) is 0 Å². The largest absolute Gasteiger partial charge is 0.478 e. The smallest absolute Gasteiger partial charge is 0.437 e. The topological polar surface area (TPSA) is 208 Å². The average Bonchev–Trinajstić information content (AvgIpc) is 2.70. The molecule has 14 heteroatoms. The van der Waals surface area contributed by atoms with Crippen LogP contribution in [-0.4, -0.2) is 83.4 Å². The van der Waals surface area contributed by atoms with Crippen molar-refractivity contribution in [3.8, 4) is 0 Å². The number of aliphatic imine (C=N–C) groups is 1. The molecule has 1 aliphatic heterocycles. The molecule has 0 saturated carbocycles. The Morgan fingerprint density at radius 1 is 1.16 bits per heavy atom. The summed E-state index contributed by atoms with van der Waals surface area (Å²) in [6, 6.07) is -0.451. The number of carbonyl (C=O) groups excluding carboxylic acids is 4. The molecule has 0 aromatic carbocycles. The zero-order valence-electron chi connectivity index (χ0n) is 22.6. The molecule has 1 aliphatic rings. The zero-order valence-corrected chi connectivity index (χ0v) is 22.6. The highest BCUT2D eigenvalue weighted by Gasteiger charge is 2.35. The van der Waals surface area contributed by atoms with Gasteiger partial charge in [-0.05, 0) is 54.0 Å². The molecule has 1 heterocycles. The number of rotatable bonds is 5. The Bertz CT molecular complexity index is 859. The number of methoxy groups -OCH3 is 1. The van der Waals surface area contributed by atoms with E-state index in [1.807, 2.05) is 0 Å². The Kier molecular flexibility index (Phi) is 13.6. The Morgan fingerprint density at radius 2 is 1.73 bits per heavy atom. The van der Waals surface area contributed by atoms with Gasteiger partial charge in [0.05, 0.1) is 19.3 Å². The lowest BCUT2D eigenvalue weighted by Gasteiger charge is -2.34. The maximum atomic E-state index is 11.4. The van der Waals surface area contributed by atoms with E-state index in [9.17, 15) is 24.3 Å². The van der Waals surface area contributed by atoms with Crippen molar-refractivity contribution in [2.45, 2.75) is 90.8 Å². The van der Waals surface area contributed by atoms with Gasteiger partial charge in [-0.3, -0.25) is 10.1 Å². The van der Waals surface area contributed by atoms with Crippen LogP contribution in [0.15, 0.2) is 16.8 Å². The molecule has 0 radical (unpaired) electrons. The minimum atomic E-state index is -0.991. The van der Waals surface area contributed by atoms with E-state index in [-0.39, 0.29) is 30.7 Å². The Hall–Kier alpha value is -3.39. The maximum absolute atomic E-state index is 11.4. The maximum Gasteiger partial charge on any atom is 0.437 e. The van der Waals surface area contributed by atoms with Crippen LogP contribution in [0.2, 0.25) is 0 Å². The van der Waals surface area contributed by atoms with E-state index >= 15 is 0 Å². The molecule has 3 amide bonds. The third-order valence-electron chi connectivity index (χ3n) is 4.03. The van der Waals surface area contributed by atoms with Crippen molar-refractivity contribution in [1.29, 1.82) is 0 Å². The molecule has 0 aromatic heterocycles. The van der Waals surface area contributed by atoms with Gasteiger partial charge in [-0.2, -0.15) is 0 Å². The van der Waals surface area contributed by atoms with Gasteiger partial charge >= 0.3 is 18.2 Å². The van der Waals surface area contributed by atoms with E-state index in [0.717, 1.165) is 0 Å². The summed E-state index contributed by atoms with van der Waals surface area (Å²) in [5.41, 5.74) is 4.02. The van der Waals surface area contributed by atoms with Crippen LogP contribution >= 0.6 is 0 Å². The van der Waals surface area contributed by atoms with Crippen LogP contribution in [-0.2, 0) is 28.5 Å². The number of ether oxygens (including phenoxy) is 4. The quantitative estimate of drug-likeness (QED) is 0.145. The van der Waals surface area contributed by atoms with E-state index in [1.54, 1.807) is 41.5 Å². The van der Waals surface area contributed by atoms with Crippen LogP contribution in [0.4, 0.5) is 9.59 Å². The number of aliphatic hydroxyl groups excluding tert-OH is 2. The van der Waals surface area contributed by atoms with E-state index < -0.39 is 47.6 Å². The van der Waals surface area contributed by atoms with Gasteiger partial charge in [0.15, 0.2) is 0 Å². The number of esters is 1. The lowest BCUT2D eigenvalue weighted by Crippen LogP contribution is -2.51. The number of alkyl carbamates (subject to hydrolysis) is 1. The second-order valence-corrected chi connectivity index (χ2v) is 9.87. The highest BCUT2D eigenvalue weighted by atomic mass is 16.6. The van der Waals surface area contributed by atoms with Crippen molar-refractivity contribution >= 4 is 30.0 Å². The normalized spacial score (nSPS) is 18.5. The van der Waals surface area contributed by atoms with Gasteiger partial charge < -0.3 is 40.2 Å². The molecule has 0 saturated heterocycles. The molecule has 37 heavy (non-hydrogen) atoms. The number of nitrogens with one attached hydrogen (secondary N) is 2. The number of amides is 3. The summed E-state index contributed by atoms with van der Waals surface area (Å²) in [4.78, 5) is 48.4. The molecule has 0 fully saturated rings. The van der Waals surface area contributed by atoms with Crippen molar-refractivity contribution < 1.29 is 48.3 Å². The van der Waals surface area contributed by atoms with Crippen LogP contribution in [0.1, 0.15) is 61.3 Å². The number of guanidine groups is 1. The minimum absolute atomic E-state index is 0.00564. The van der Waals surface area contributed by atoms with Gasteiger partial charge in [-0.25, -0.2) is 14.4 Å². The molecule has 1 rings (SSSR count). The third kappa shape index (κ3) is 15.4. The molecular formula is C23H40N4O10. The molecule has 3 atom stereocenters. The van der Waals surface area contributed by atoms with Crippen LogP contribution in [0.5, 0.6) is 0 Å². The van der Waals surface area contributed by atoms with Crippen molar-refractivity contribution in [3.05, 3.63) is 11.8 Å². The lowest BCUT2D eigenvalue weighted by atomic mass is 9.97. The molecule has 6 N–H and O–H groups in total.